The van der Waals surface area contributed by atoms with E-state index in [0.29, 0.717) is 34.9 Å². The topological polar surface area (TPSA) is 49.4 Å². The van der Waals surface area contributed by atoms with Crippen LogP contribution in [0.5, 0.6) is 0 Å². The van der Waals surface area contributed by atoms with Gasteiger partial charge in [0.15, 0.2) is 0 Å². The molecule has 0 saturated heterocycles. The Labute approximate surface area is 151 Å². The van der Waals surface area contributed by atoms with Gasteiger partial charge in [-0.15, -0.1) is 0 Å². The number of carbonyl (C=O) groups excluding carboxylic acids is 2. The molecule has 0 radical (unpaired) electrons. The quantitative estimate of drug-likeness (QED) is 0.833. The smallest absolute Gasteiger partial charge is 0.257 e. The van der Waals surface area contributed by atoms with Gasteiger partial charge in [0, 0.05) is 29.4 Å². The number of nitrogens with one attached hydrogen (secondary N) is 1. The zero-order valence-corrected chi connectivity index (χ0v) is 15.0. The van der Waals surface area contributed by atoms with Gasteiger partial charge in [-0.25, -0.2) is 0 Å². The molecule has 0 aliphatic carbocycles. The standard InChI is InChI=1S/C18H18Cl2N2O2/c1-3-22(4-2)18(24)12-6-5-7-14(10-12)21-17(23)15-9-8-13(19)11-16(15)20/h5-11H,3-4H2,1-2H3,(H,21,23). The van der Waals surface area contributed by atoms with Crippen molar-refractivity contribution in [2.75, 3.05) is 18.4 Å². The van der Waals surface area contributed by atoms with Crippen molar-refractivity contribution >= 4 is 40.7 Å². The third kappa shape index (κ3) is 4.28. The monoisotopic (exact) mass is 364 g/mol. The molecule has 0 aliphatic heterocycles. The highest BCUT2D eigenvalue weighted by Crippen LogP contribution is 2.22. The maximum Gasteiger partial charge on any atom is 0.257 e. The molecule has 0 aliphatic rings. The highest BCUT2D eigenvalue weighted by molar-refractivity contribution is 6.37. The van der Waals surface area contributed by atoms with Gasteiger partial charge < -0.3 is 10.2 Å². The average Bonchev–Trinajstić information content (AvgIpc) is 2.56. The van der Waals surface area contributed by atoms with E-state index in [-0.39, 0.29) is 16.8 Å². The van der Waals surface area contributed by atoms with Crippen LogP contribution in [0.4, 0.5) is 5.69 Å². The van der Waals surface area contributed by atoms with Crippen molar-refractivity contribution in [2.24, 2.45) is 0 Å². The van der Waals surface area contributed by atoms with E-state index in [9.17, 15) is 9.59 Å². The highest BCUT2D eigenvalue weighted by Gasteiger charge is 2.15. The summed E-state index contributed by atoms with van der Waals surface area (Å²) in [5, 5.41) is 3.49. The summed E-state index contributed by atoms with van der Waals surface area (Å²) in [5.41, 5.74) is 1.38. The van der Waals surface area contributed by atoms with E-state index in [1.807, 2.05) is 13.8 Å². The molecule has 2 aromatic carbocycles. The summed E-state index contributed by atoms with van der Waals surface area (Å²) in [6, 6.07) is 11.5. The largest absolute Gasteiger partial charge is 0.339 e. The van der Waals surface area contributed by atoms with Crippen LogP contribution in [0.2, 0.25) is 10.0 Å². The van der Waals surface area contributed by atoms with Crippen molar-refractivity contribution in [3.8, 4) is 0 Å². The Morgan fingerprint density at radius 1 is 1.04 bits per heavy atom. The molecule has 0 unspecified atom stereocenters. The summed E-state index contributed by atoms with van der Waals surface area (Å²) in [7, 11) is 0. The second-order valence-electron chi connectivity index (χ2n) is 5.14. The SMILES string of the molecule is CCN(CC)C(=O)c1cccc(NC(=O)c2ccc(Cl)cc2Cl)c1. The first-order valence-electron chi connectivity index (χ1n) is 7.62. The molecule has 2 aromatic rings. The molecule has 0 fully saturated rings. The highest BCUT2D eigenvalue weighted by atomic mass is 35.5. The van der Waals surface area contributed by atoms with E-state index < -0.39 is 0 Å². The molecule has 6 heteroatoms. The molecule has 24 heavy (non-hydrogen) atoms. The van der Waals surface area contributed by atoms with Crippen molar-refractivity contribution in [2.45, 2.75) is 13.8 Å². The van der Waals surface area contributed by atoms with Gasteiger partial charge in [-0.1, -0.05) is 29.3 Å². The fraction of sp³-hybridized carbons (Fsp3) is 0.222. The Hall–Kier alpha value is -2.04. The van der Waals surface area contributed by atoms with E-state index >= 15 is 0 Å². The van der Waals surface area contributed by atoms with Crippen molar-refractivity contribution in [3.05, 3.63) is 63.6 Å². The fourth-order valence-electron chi connectivity index (χ4n) is 2.30. The number of benzene rings is 2. The van der Waals surface area contributed by atoms with Crippen molar-refractivity contribution in [1.82, 2.24) is 4.90 Å². The number of carbonyl (C=O) groups is 2. The lowest BCUT2D eigenvalue weighted by Crippen LogP contribution is -2.30. The molecule has 0 saturated carbocycles. The van der Waals surface area contributed by atoms with Gasteiger partial charge in [0.2, 0.25) is 0 Å². The molecule has 126 valence electrons. The molecular formula is C18H18Cl2N2O2. The third-order valence-corrected chi connectivity index (χ3v) is 4.14. The Morgan fingerprint density at radius 3 is 2.38 bits per heavy atom. The molecule has 0 atom stereocenters. The number of rotatable bonds is 5. The van der Waals surface area contributed by atoms with Crippen LogP contribution in [0.3, 0.4) is 0 Å². The maximum absolute atomic E-state index is 12.4. The first kappa shape index (κ1) is 18.3. The Balaban J connectivity index is 2.20. The van der Waals surface area contributed by atoms with Crippen LogP contribution in [0.15, 0.2) is 42.5 Å². The van der Waals surface area contributed by atoms with Crippen LogP contribution in [0.25, 0.3) is 0 Å². The van der Waals surface area contributed by atoms with Gasteiger partial charge in [0.05, 0.1) is 10.6 Å². The van der Waals surface area contributed by atoms with E-state index in [1.165, 1.54) is 6.07 Å². The first-order chi connectivity index (χ1) is 11.5. The van der Waals surface area contributed by atoms with Crippen LogP contribution in [-0.4, -0.2) is 29.8 Å². The Bertz CT molecular complexity index is 758. The zero-order chi connectivity index (χ0) is 17.7. The average molecular weight is 365 g/mol. The van der Waals surface area contributed by atoms with Crippen LogP contribution < -0.4 is 5.32 Å². The normalized spacial score (nSPS) is 10.3. The van der Waals surface area contributed by atoms with Crippen LogP contribution in [-0.2, 0) is 0 Å². The molecule has 0 aromatic heterocycles. The summed E-state index contributed by atoms with van der Waals surface area (Å²) in [6.07, 6.45) is 0. The van der Waals surface area contributed by atoms with Crippen LogP contribution in [0.1, 0.15) is 34.6 Å². The van der Waals surface area contributed by atoms with Crippen molar-refractivity contribution in [1.29, 1.82) is 0 Å². The summed E-state index contributed by atoms with van der Waals surface area (Å²) < 4.78 is 0. The lowest BCUT2D eigenvalue weighted by atomic mass is 10.1. The first-order valence-corrected chi connectivity index (χ1v) is 8.37. The number of hydrogen-bond acceptors (Lipinski definition) is 2. The lowest BCUT2D eigenvalue weighted by molar-refractivity contribution is 0.0772. The van der Waals surface area contributed by atoms with Crippen molar-refractivity contribution in [3.63, 3.8) is 0 Å². The summed E-state index contributed by atoms with van der Waals surface area (Å²) >= 11 is 11.9. The van der Waals surface area contributed by atoms with Crippen molar-refractivity contribution < 1.29 is 9.59 Å². The minimum Gasteiger partial charge on any atom is -0.339 e. The van der Waals surface area contributed by atoms with Gasteiger partial charge >= 0.3 is 0 Å². The van der Waals surface area contributed by atoms with E-state index in [2.05, 4.69) is 5.32 Å². The van der Waals surface area contributed by atoms with E-state index in [4.69, 9.17) is 23.2 Å². The second kappa shape index (κ2) is 8.18. The van der Waals surface area contributed by atoms with Crippen LogP contribution in [0, 0.1) is 0 Å². The molecule has 2 rings (SSSR count). The summed E-state index contributed by atoms with van der Waals surface area (Å²) in [4.78, 5) is 26.4. The molecule has 2 amide bonds. The van der Waals surface area contributed by atoms with Gasteiger partial charge in [-0.05, 0) is 50.2 Å². The van der Waals surface area contributed by atoms with Crippen LogP contribution >= 0.6 is 23.2 Å². The lowest BCUT2D eigenvalue weighted by Gasteiger charge is -2.19. The molecular weight excluding hydrogens is 347 g/mol. The number of halogens is 2. The predicted molar refractivity (Wildman–Crippen MR) is 98.1 cm³/mol. The summed E-state index contributed by atoms with van der Waals surface area (Å²) in [5.74, 6) is -0.426. The van der Waals surface area contributed by atoms with Gasteiger partial charge in [0.25, 0.3) is 11.8 Å². The predicted octanol–water partition coefficient (Wildman–Crippen LogP) is 4.73. The fourth-order valence-corrected chi connectivity index (χ4v) is 2.79. The summed E-state index contributed by atoms with van der Waals surface area (Å²) in [6.45, 7) is 5.11. The van der Waals surface area contributed by atoms with Gasteiger partial charge in [-0.2, -0.15) is 0 Å². The molecule has 0 heterocycles. The molecule has 4 nitrogen and oxygen atoms in total. The Morgan fingerprint density at radius 2 is 1.75 bits per heavy atom. The minimum atomic E-state index is -0.357. The minimum absolute atomic E-state index is 0.0689. The second-order valence-corrected chi connectivity index (χ2v) is 5.98. The Kier molecular flexibility index (Phi) is 6.23. The van der Waals surface area contributed by atoms with E-state index in [1.54, 1.807) is 41.3 Å². The zero-order valence-electron chi connectivity index (χ0n) is 13.5. The number of hydrogen-bond donors (Lipinski definition) is 1. The number of amides is 2. The number of anilines is 1. The van der Waals surface area contributed by atoms with Gasteiger partial charge in [-0.3, -0.25) is 9.59 Å². The molecule has 0 spiro atoms. The number of nitrogens with zero attached hydrogens (tertiary/aromatic N) is 1. The molecule has 1 N–H and O–H groups in total. The maximum atomic E-state index is 12.4. The third-order valence-electron chi connectivity index (χ3n) is 3.59. The van der Waals surface area contributed by atoms with Gasteiger partial charge in [0.1, 0.15) is 0 Å². The van der Waals surface area contributed by atoms with E-state index in [0.717, 1.165) is 0 Å². The molecule has 0 bridgehead atoms.